The number of aryl methyl sites for hydroxylation is 2. The molecule has 0 radical (unpaired) electrons. The molecule has 0 unspecified atom stereocenters. The van der Waals surface area contributed by atoms with Crippen LogP contribution in [0.3, 0.4) is 0 Å². The van der Waals surface area contributed by atoms with Gasteiger partial charge < -0.3 is 4.57 Å². The molecule has 1 aliphatic rings. The number of hydrogen-bond donors (Lipinski definition) is 0. The minimum Gasteiger partial charge on any atom is -0.309 e. The van der Waals surface area contributed by atoms with Crippen LogP contribution in [0.1, 0.15) is 29.5 Å². The van der Waals surface area contributed by atoms with Crippen LogP contribution < -0.4 is 0 Å². The zero-order chi connectivity index (χ0) is 20.8. The molecule has 1 aromatic heterocycles. The first-order valence-electron chi connectivity index (χ1n) is 11.2. The Kier molecular flexibility index (Phi) is 4.28. The van der Waals surface area contributed by atoms with Gasteiger partial charge in [-0.25, -0.2) is 0 Å². The second-order valence-corrected chi connectivity index (χ2v) is 8.59. The van der Waals surface area contributed by atoms with Crippen LogP contribution in [-0.4, -0.2) is 4.57 Å². The first kappa shape index (κ1) is 18.2. The molecular formula is C30H25N. The molecular weight excluding hydrogens is 374 g/mol. The van der Waals surface area contributed by atoms with E-state index in [1.807, 2.05) is 0 Å². The SMILES string of the molecule is Cc1ccc(-c2ccc(-n3c4ccccc4c4c5c(ccc43)C=CCCC5)cc2)cc1. The molecule has 0 saturated carbocycles. The highest BCUT2D eigenvalue weighted by Gasteiger charge is 2.17. The van der Waals surface area contributed by atoms with Gasteiger partial charge in [0.05, 0.1) is 11.0 Å². The summed E-state index contributed by atoms with van der Waals surface area (Å²) < 4.78 is 2.43. The molecule has 4 aromatic carbocycles. The zero-order valence-electron chi connectivity index (χ0n) is 17.8. The Bertz CT molecular complexity index is 1430. The van der Waals surface area contributed by atoms with E-state index in [-0.39, 0.29) is 0 Å². The molecule has 1 heterocycles. The average Bonchev–Trinajstić information content (AvgIpc) is 2.96. The number of allylic oxidation sites excluding steroid dienone is 1. The van der Waals surface area contributed by atoms with E-state index < -0.39 is 0 Å². The number of aromatic nitrogens is 1. The van der Waals surface area contributed by atoms with Gasteiger partial charge in [0, 0.05) is 16.5 Å². The standard InChI is InChI=1S/C30H25N/c1-21-11-13-22(14-12-21)23-15-18-25(19-16-23)31-28-10-6-5-9-27(28)30-26-8-4-2-3-7-24(26)17-20-29(30)31/h3,5-7,9-20H,2,4,8H2,1H3. The summed E-state index contributed by atoms with van der Waals surface area (Å²) >= 11 is 0. The van der Waals surface area contributed by atoms with Crippen LogP contribution in [0.5, 0.6) is 0 Å². The first-order chi connectivity index (χ1) is 15.3. The lowest BCUT2D eigenvalue weighted by Crippen LogP contribution is -1.95. The van der Waals surface area contributed by atoms with Gasteiger partial charge in [0.15, 0.2) is 0 Å². The Hall–Kier alpha value is -3.58. The number of para-hydroxylation sites is 1. The van der Waals surface area contributed by atoms with Gasteiger partial charge in [-0.1, -0.05) is 78.4 Å². The lowest BCUT2D eigenvalue weighted by Gasteiger charge is -2.11. The molecule has 0 aliphatic heterocycles. The predicted octanol–water partition coefficient (Wildman–Crippen LogP) is 8.11. The summed E-state index contributed by atoms with van der Waals surface area (Å²) in [5, 5.41) is 2.77. The summed E-state index contributed by atoms with van der Waals surface area (Å²) in [5.74, 6) is 0. The Morgan fingerprint density at radius 2 is 1.45 bits per heavy atom. The maximum Gasteiger partial charge on any atom is 0.0544 e. The summed E-state index contributed by atoms with van der Waals surface area (Å²) in [7, 11) is 0. The van der Waals surface area contributed by atoms with Gasteiger partial charge in [0.1, 0.15) is 0 Å². The van der Waals surface area contributed by atoms with Crippen molar-refractivity contribution in [3.05, 3.63) is 108 Å². The molecule has 0 fully saturated rings. The van der Waals surface area contributed by atoms with Crippen LogP contribution in [0.15, 0.2) is 91.0 Å². The van der Waals surface area contributed by atoms with E-state index >= 15 is 0 Å². The minimum absolute atomic E-state index is 1.14. The molecule has 0 N–H and O–H groups in total. The van der Waals surface area contributed by atoms with Gasteiger partial charge in [-0.3, -0.25) is 0 Å². The summed E-state index contributed by atoms with van der Waals surface area (Å²) in [4.78, 5) is 0. The smallest absolute Gasteiger partial charge is 0.0544 e. The number of rotatable bonds is 2. The lowest BCUT2D eigenvalue weighted by atomic mass is 9.98. The normalized spacial score (nSPS) is 13.5. The summed E-state index contributed by atoms with van der Waals surface area (Å²) in [6.45, 7) is 2.13. The van der Waals surface area contributed by atoms with Gasteiger partial charge in [-0.15, -0.1) is 0 Å². The quantitative estimate of drug-likeness (QED) is 0.282. The number of nitrogens with zero attached hydrogens (tertiary/aromatic N) is 1. The number of fused-ring (bicyclic) bond motifs is 5. The van der Waals surface area contributed by atoms with Gasteiger partial charge in [-0.2, -0.15) is 0 Å². The second kappa shape index (κ2) is 7.28. The van der Waals surface area contributed by atoms with Crippen molar-refractivity contribution in [3.63, 3.8) is 0 Å². The molecule has 0 spiro atoms. The number of benzene rings is 4. The summed E-state index contributed by atoms with van der Waals surface area (Å²) in [6, 6.07) is 31.2. The lowest BCUT2D eigenvalue weighted by molar-refractivity contribution is 0.857. The maximum absolute atomic E-state index is 2.43. The van der Waals surface area contributed by atoms with Crippen LogP contribution in [0.2, 0.25) is 0 Å². The van der Waals surface area contributed by atoms with Crippen molar-refractivity contribution in [1.82, 2.24) is 4.57 Å². The second-order valence-electron chi connectivity index (χ2n) is 8.59. The molecule has 0 saturated heterocycles. The summed E-state index contributed by atoms with van der Waals surface area (Å²) in [5.41, 5.74) is 10.5. The molecule has 1 aliphatic carbocycles. The van der Waals surface area contributed by atoms with E-state index in [1.165, 1.54) is 61.7 Å². The fourth-order valence-corrected chi connectivity index (χ4v) is 5.01. The van der Waals surface area contributed by atoms with Crippen molar-refractivity contribution in [1.29, 1.82) is 0 Å². The highest BCUT2D eigenvalue weighted by Crippen LogP contribution is 2.37. The van der Waals surface area contributed by atoms with Crippen molar-refractivity contribution < 1.29 is 0 Å². The molecule has 1 heteroatoms. The van der Waals surface area contributed by atoms with E-state index in [9.17, 15) is 0 Å². The van der Waals surface area contributed by atoms with Crippen molar-refractivity contribution >= 4 is 27.9 Å². The Balaban J connectivity index is 1.56. The van der Waals surface area contributed by atoms with Crippen molar-refractivity contribution in [3.8, 4) is 16.8 Å². The van der Waals surface area contributed by atoms with E-state index in [0.717, 1.165) is 12.8 Å². The van der Waals surface area contributed by atoms with Crippen molar-refractivity contribution in [2.75, 3.05) is 0 Å². The fraction of sp³-hybridized carbons (Fsp3) is 0.133. The van der Waals surface area contributed by atoms with E-state index in [4.69, 9.17) is 0 Å². The molecule has 0 amide bonds. The minimum atomic E-state index is 1.14. The molecule has 0 bridgehead atoms. The van der Waals surface area contributed by atoms with E-state index in [2.05, 4.69) is 109 Å². The Morgan fingerprint density at radius 3 is 2.26 bits per heavy atom. The van der Waals surface area contributed by atoms with Crippen molar-refractivity contribution in [2.45, 2.75) is 26.2 Å². The highest BCUT2D eigenvalue weighted by molar-refractivity contribution is 6.11. The van der Waals surface area contributed by atoms with Crippen LogP contribution in [0.4, 0.5) is 0 Å². The molecule has 0 atom stereocenters. The average molecular weight is 400 g/mol. The molecule has 31 heavy (non-hydrogen) atoms. The third-order valence-corrected chi connectivity index (χ3v) is 6.59. The van der Waals surface area contributed by atoms with Crippen LogP contribution in [0.25, 0.3) is 44.7 Å². The van der Waals surface area contributed by atoms with E-state index in [1.54, 1.807) is 0 Å². The molecule has 150 valence electrons. The van der Waals surface area contributed by atoms with Crippen LogP contribution in [0, 0.1) is 6.92 Å². The monoisotopic (exact) mass is 399 g/mol. The van der Waals surface area contributed by atoms with Gasteiger partial charge in [0.2, 0.25) is 0 Å². The van der Waals surface area contributed by atoms with Gasteiger partial charge in [0.25, 0.3) is 0 Å². The van der Waals surface area contributed by atoms with Crippen molar-refractivity contribution in [2.24, 2.45) is 0 Å². The topological polar surface area (TPSA) is 4.93 Å². The Morgan fingerprint density at radius 1 is 0.710 bits per heavy atom. The first-order valence-corrected chi connectivity index (χ1v) is 11.2. The van der Waals surface area contributed by atoms with Gasteiger partial charge >= 0.3 is 0 Å². The van der Waals surface area contributed by atoms with Gasteiger partial charge in [-0.05, 0) is 72.7 Å². The van der Waals surface area contributed by atoms with Crippen LogP contribution in [-0.2, 0) is 6.42 Å². The van der Waals surface area contributed by atoms with E-state index in [0.29, 0.717) is 0 Å². The zero-order valence-corrected chi connectivity index (χ0v) is 17.8. The largest absolute Gasteiger partial charge is 0.309 e. The molecule has 5 aromatic rings. The third-order valence-electron chi connectivity index (χ3n) is 6.59. The highest BCUT2D eigenvalue weighted by atomic mass is 15.0. The Labute approximate surface area is 183 Å². The van der Waals surface area contributed by atoms with Crippen LogP contribution >= 0.6 is 0 Å². The fourth-order valence-electron chi connectivity index (χ4n) is 5.01. The third kappa shape index (κ3) is 3.00. The number of hydrogen-bond acceptors (Lipinski definition) is 0. The molecule has 1 nitrogen and oxygen atoms in total. The molecule has 6 rings (SSSR count). The predicted molar refractivity (Wildman–Crippen MR) is 133 cm³/mol. The maximum atomic E-state index is 2.43. The summed E-state index contributed by atoms with van der Waals surface area (Å²) in [6.07, 6.45) is 8.15.